The maximum Gasteiger partial charge on any atom is 0.274 e. The highest BCUT2D eigenvalue weighted by Gasteiger charge is 2.17. The average Bonchev–Trinajstić information content (AvgIpc) is 2.80. The Balaban J connectivity index is 2.20. The van der Waals surface area contributed by atoms with Gasteiger partial charge >= 0.3 is 0 Å². The van der Waals surface area contributed by atoms with Crippen LogP contribution in [0.15, 0.2) is 53.3 Å². The summed E-state index contributed by atoms with van der Waals surface area (Å²) in [6.07, 6.45) is -0.0180. The van der Waals surface area contributed by atoms with Crippen LogP contribution in [0.1, 0.15) is 30.6 Å². The average molecular weight is 296 g/mol. The number of aliphatic hydroxyl groups excluding tert-OH is 1. The number of fused-ring (bicyclic) bond motifs is 1. The van der Waals surface area contributed by atoms with Crippen LogP contribution in [0.3, 0.4) is 0 Å². The summed E-state index contributed by atoms with van der Waals surface area (Å²) in [4.78, 5) is 12.6. The van der Waals surface area contributed by atoms with Gasteiger partial charge in [-0.3, -0.25) is 14.2 Å². The number of nitrogens with zero attached hydrogens (tertiary/aromatic N) is 2. The lowest BCUT2D eigenvalue weighted by Crippen LogP contribution is -2.20. The van der Waals surface area contributed by atoms with Gasteiger partial charge in [0.2, 0.25) is 0 Å². The molecular weight excluding hydrogens is 276 g/mol. The van der Waals surface area contributed by atoms with E-state index in [1.54, 1.807) is 11.7 Å². The van der Waals surface area contributed by atoms with Gasteiger partial charge in [0, 0.05) is 7.05 Å². The highest BCUT2D eigenvalue weighted by atomic mass is 16.3. The smallest absolute Gasteiger partial charge is 0.274 e. The molecule has 0 radical (unpaired) electrons. The third-order valence-corrected chi connectivity index (χ3v) is 4.14. The summed E-state index contributed by atoms with van der Waals surface area (Å²) in [5.74, 6) is 0. The van der Waals surface area contributed by atoms with Gasteiger partial charge < -0.3 is 5.11 Å². The van der Waals surface area contributed by atoms with Crippen LogP contribution in [-0.2, 0) is 13.6 Å². The SMILES string of the molecule is CCC(O)c1cccc2c1c(=O)n(C)n2Cc1ccccc1. The predicted molar refractivity (Wildman–Crippen MR) is 88.0 cm³/mol. The Morgan fingerprint density at radius 3 is 2.50 bits per heavy atom. The largest absolute Gasteiger partial charge is 0.388 e. The lowest BCUT2D eigenvalue weighted by Gasteiger charge is -2.11. The Hall–Kier alpha value is -2.33. The van der Waals surface area contributed by atoms with Gasteiger partial charge in [-0.05, 0) is 23.6 Å². The van der Waals surface area contributed by atoms with Crippen molar-refractivity contribution in [2.45, 2.75) is 26.0 Å². The predicted octanol–water partition coefficient (Wildman–Crippen LogP) is 2.83. The molecule has 1 heterocycles. The molecular formula is C18H20N2O2. The van der Waals surface area contributed by atoms with Gasteiger partial charge in [-0.25, -0.2) is 0 Å². The fourth-order valence-electron chi connectivity index (χ4n) is 2.88. The standard InChI is InChI=1S/C18H20N2O2/c1-3-16(21)14-10-7-11-15-17(14)18(22)19(2)20(15)12-13-8-5-4-6-9-13/h4-11,16,21H,3,12H2,1-2H3. The van der Waals surface area contributed by atoms with Crippen molar-refractivity contribution in [2.24, 2.45) is 7.05 Å². The van der Waals surface area contributed by atoms with Crippen molar-refractivity contribution >= 4 is 10.9 Å². The second kappa shape index (κ2) is 5.81. The molecule has 4 heteroatoms. The zero-order valence-corrected chi connectivity index (χ0v) is 12.9. The molecule has 3 aromatic rings. The molecule has 0 aliphatic heterocycles. The van der Waals surface area contributed by atoms with Gasteiger partial charge in [0.1, 0.15) is 0 Å². The van der Waals surface area contributed by atoms with E-state index in [1.165, 1.54) is 0 Å². The Bertz CT molecular complexity index is 847. The maximum atomic E-state index is 12.6. The lowest BCUT2D eigenvalue weighted by molar-refractivity contribution is 0.175. The summed E-state index contributed by atoms with van der Waals surface area (Å²) in [6.45, 7) is 2.54. The van der Waals surface area contributed by atoms with Crippen molar-refractivity contribution in [3.63, 3.8) is 0 Å². The highest BCUT2D eigenvalue weighted by molar-refractivity contribution is 5.82. The Labute approximate surface area is 129 Å². The summed E-state index contributed by atoms with van der Waals surface area (Å²) in [5, 5.41) is 10.8. The molecule has 4 nitrogen and oxygen atoms in total. The molecule has 1 N–H and O–H groups in total. The molecule has 22 heavy (non-hydrogen) atoms. The van der Waals surface area contributed by atoms with Crippen LogP contribution in [0.2, 0.25) is 0 Å². The third-order valence-electron chi connectivity index (χ3n) is 4.14. The Kier molecular flexibility index (Phi) is 3.86. The van der Waals surface area contributed by atoms with Crippen LogP contribution in [0, 0.1) is 0 Å². The van der Waals surface area contributed by atoms with E-state index in [9.17, 15) is 9.90 Å². The molecule has 0 amide bonds. The van der Waals surface area contributed by atoms with E-state index < -0.39 is 6.10 Å². The normalized spacial score (nSPS) is 12.7. The number of hydrogen-bond acceptors (Lipinski definition) is 2. The van der Waals surface area contributed by atoms with Gasteiger partial charge in [0.05, 0.1) is 23.6 Å². The number of hydrogen-bond donors (Lipinski definition) is 1. The summed E-state index contributed by atoms with van der Waals surface area (Å²) in [6, 6.07) is 15.7. The van der Waals surface area contributed by atoms with E-state index >= 15 is 0 Å². The lowest BCUT2D eigenvalue weighted by atomic mass is 10.0. The molecule has 0 bridgehead atoms. The van der Waals surface area contributed by atoms with Gasteiger partial charge in [-0.15, -0.1) is 0 Å². The molecule has 1 unspecified atom stereocenters. The molecule has 0 fully saturated rings. The van der Waals surface area contributed by atoms with Gasteiger partial charge in [0.15, 0.2) is 0 Å². The summed E-state index contributed by atoms with van der Waals surface area (Å²) in [5.41, 5.74) is 2.65. The van der Waals surface area contributed by atoms with Crippen LogP contribution in [0.5, 0.6) is 0 Å². The minimum absolute atomic E-state index is 0.0611. The summed E-state index contributed by atoms with van der Waals surface area (Å²) in [7, 11) is 1.77. The molecule has 1 aromatic heterocycles. The second-order valence-electron chi connectivity index (χ2n) is 5.54. The fraction of sp³-hybridized carbons (Fsp3) is 0.278. The first-order valence-electron chi connectivity index (χ1n) is 7.54. The van der Waals surface area contributed by atoms with Crippen molar-refractivity contribution in [3.8, 4) is 0 Å². The Morgan fingerprint density at radius 2 is 1.82 bits per heavy atom. The van der Waals surface area contributed by atoms with E-state index in [2.05, 4.69) is 0 Å². The molecule has 0 saturated carbocycles. The van der Waals surface area contributed by atoms with Crippen molar-refractivity contribution in [2.75, 3.05) is 0 Å². The zero-order chi connectivity index (χ0) is 15.7. The van der Waals surface area contributed by atoms with Crippen LogP contribution in [-0.4, -0.2) is 14.5 Å². The molecule has 0 aliphatic carbocycles. The monoisotopic (exact) mass is 296 g/mol. The van der Waals surface area contributed by atoms with Crippen molar-refractivity contribution in [1.29, 1.82) is 0 Å². The van der Waals surface area contributed by atoms with Crippen molar-refractivity contribution < 1.29 is 5.11 Å². The first-order chi connectivity index (χ1) is 10.6. The van der Waals surface area contributed by atoms with Gasteiger partial charge in [-0.1, -0.05) is 49.4 Å². The minimum Gasteiger partial charge on any atom is -0.388 e. The molecule has 114 valence electrons. The fourth-order valence-corrected chi connectivity index (χ4v) is 2.88. The van der Waals surface area contributed by atoms with Crippen LogP contribution >= 0.6 is 0 Å². The summed E-state index contributed by atoms with van der Waals surface area (Å²) < 4.78 is 3.59. The molecule has 1 atom stereocenters. The van der Waals surface area contributed by atoms with Crippen molar-refractivity contribution in [1.82, 2.24) is 9.36 Å². The van der Waals surface area contributed by atoms with E-state index in [1.807, 2.05) is 60.1 Å². The first kappa shape index (κ1) is 14.6. The Morgan fingerprint density at radius 1 is 1.09 bits per heavy atom. The zero-order valence-electron chi connectivity index (χ0n) is 12.9. The minimum atomic E-state index is -0.607. The number of aliphatic hydroxyl groups is 1. The quantitative estimate of drug-likeness (QED) is 0.804. The highest BCUT2D eigenvalue weighted by Crippen LogP contribution is 2.24. The topological polar surface area (TPSA) is 47.2 Å². The molecule has 0 aliphatic rings. The van der Waals surface area contributed by atoms with E-state index in [4.69, 9.17) is 0 Å². The second-order valence-corrected chi connectivity index (χ2v) is 5.54. The van der Waals surface area contributed by atoms with Crippen molar-refractivity contribution in [3.05, 3.63) is 70.0 Å². The van der Waals surface area contributed by atoms with E-state index in [-0.39, 0.29) is 5.56 Å². The third kappa shape index (κ3) is 2.35. The first-order valence-corrected chi connectivity index (χ1v) is 7.54. The number of aromatic nitrogens is 2. The van der Waals surface area contributed by atoms with Gasteiger partial charge in [0.25, 0.3) is 5.56 Å². The van der Waals surface area contributed by atoms with E-state index in [0.717, 1.165) is 11.1 Å². The summed E-state index contributed by atoms with van der Waals surface area (Å²) >= 11 is 0. The van der Waals surface area contributed by atoms with E-state index in [0.29, 0.717) is 23.9 Å². The van der Waals surface area contributed by atoms with Crippen LogP contribution < -0.4 is 5.56 Å². The molecule has 0 saturated heterocycles. The maximum absolute atomic E-state index is 12.6. The molecule has 2 aromatic carbocycles. The van der Waals surface area contributed by atoms with Crippen LogP contribution in [0.25, 0.3) is 10.9 Å². The van der Waals surface area contributed by atoms with Gasteiger partial charge in [-0.2, -0.15) is 0 Å². The molecule has 0 spiro atoms. The van der Waals surface area contributed by atoms with Crippen LogP contribution in [0.4, 0.5) is 0 Å². The molecule has 3 rings (SSSR count). The number of rotatable bonds is 4. The number of benzene rings is 2.